The van der Waals surface area contributed by atoms with Crippen LogP contribution >= 0.6 is 22.9 Å². The van der Waals surface area contributed by atoms with Gasteiger partial charge in [0.15, 0.2) is 0 Å². The molecular formula is C25H25ClN2O3S2. The summed E-state index contributed by atoms with van der Waals surface area (Å²) in [4.78, 5) is 4.91. The van der Waals surface area contributed by atoms with Crippen LogP contribution < -0.4 is 9.88 Å². The number of fused-ring (bicyclic) bond motifs is 1. The second kappa shape index (κ2) is 9.81. The molecule has 4 aromatic rings. The van der Waals surface area contributed by atoms with Crippen LogP contribution in [0.3, 0.4) is 0 Å². The quantitative estimate of drug-likeness (QED) is 0.307. The van der Waals surface area contributed by atoms with E-state index < -0.39 is 10.0 Å². The van der Waals surface area contributed by atoms with Crippen molar-refractivity contribution < 1.29 is 13.2 Å². The molecule has 0 aliphatic rings. The first-order chi connectivity index (χ1) is 15.8. The normalized spacial score (nSPS) is 13.7. The van der Waals surface area contributed by atoms with E-state index in [1.165, 1.54) is 6.07 Å². The summed E-state index contributed by atoms with van der Waals surface area (Å²) < 4.78 is 31.2. The van der Waals surface area contributed by atoms with Crippen LogP contribution in [-0.4, -0.2) is 20.5 Å². The number of halogens is 1. The third kappa shape index (κ3) is 5.38. The molecular weight excluding hydrogens is 476 g/mol. The highest BCUT2D eigenvalue weighted by Gasteiger charge is 2.25. The van der Waals surface area contributed by atoms with Gasteiger partial charge in [0.2, 0.25) is 10.0 Å². The van der Waals surface area contributed by atoms with Gasteiger partial charge < -0.3 is 4.74 Å². The molecule has 0 amide bonds. The number of benzene rings is 3. The van der Waals surface area contributed by atoms with Gasteiger partial charge in [0, 0.05) is 16.9 Å². The number of ether oxygens (including phenoxy) is 1. The number of nitrogens with two attached hydrogens (primary N) is 1. The van der Waals surface area contributed by atoms with Gasteiger partial charge in [-0.1, -0.05) is 48.9 Å². The van der Waals surface area contributed by atoms with Gasteiger partial charge in [-0.2, -0.15) is 0 Å². The van der Waals surface area contributed by atoms with Gasteiger partial charge in [-0.15, -0.1) is 11.3 Å². The smallest absolute Gasteiger partial charge is 0.238 e. The first-order valence-corrected chi connectivity index (χ1v) is 13.3. The lowest BCUT2D eigenvalue weighted by molar-refractivity contribution is 0.413. The van der Waals surface area contributed by atoms with Crippen LogP contribution in [-0.2, 0) is 10.0 Å². The summed E-state index contributed by atoms with van der Waals surface area (Å²) in [5.74, 6) is 0.617. The molecule has 0 aliphatic heterocycles. The second-order valence-electron chi connectivity index (χ2n) is 8.05. The largest absolute Gasteiger partial charge is 0.497 e. The van der Waals surface area contributed by atoms with Crippen LogP contribution in [0.25, 0.3) is 10.2 Å². The van der Waals surface area contributed by atoms with Gasteiger partial charge in [-0.05, 0) is 60.4 Å². The molecule has 172 valence electrons. The fourth-order valence-corrected chi connectivity index (χ4v) is 6.16. The molecule has 5 nitrogen and oxygen atoms in total. The zero-order chi connectivity index (χ0) is 23.6. The standard InChI is InChI=1S/C25H25ClN2O3S2/c1-16(25-28-22-12-9-18(26)14-23(22)32-25)8-11-20(17-6-4-3-5-7-17)21-15-19(31-2)10-13-24(21)33(27,29)30/h3-7,9-10,12-16,20H,8,11H2,1-2H3,(H2,27,29,30). The van der Waals surface area contributed by atoms with E-state index in [1.54, 1.807) is 30.6 Å². The zero-order valence-corrected chi connectivity index (χ0v) is 20.8. The van der Waals surface area contributed by atoms with E-state index in [0.717, 1.165) is 33.6 Å². The van der Waals surface area contributed by atoms with Gasteiger partial charge in [0.05, 0.1) is 27.2 Å². The maximum Gasteiger partial charge on any atom is 0.238 e. The van der Waals surface area contributed by atoms with E-state index in [-0.39, 0.29) is 16.7 Å². The molecule has 2 atom stereocenters. The zero-order valence-electron chi connectivity index (χ0n) is 18.4. The summed E-state index contributed by atoms with van der Waals surface area (Å²) in [5.41, 5.74) is 2.61. The van der Waals surface area contributed by atoms with E-state index in [4.69, 9.17) is 26.5 Å². The molecule has 0 radical (unpaired) electrons. The monoisotopic (exact) mass is 500 g/mol. The SMILES string of the molecule is COc1ccc(S(N)(=O)=O)c(C(CCC(C)c2nc3ccc(Cl)cc3s2)c2ccccc2)c1. The van der Waals surface area contributed by atoms with E-state index in [1.807, 2.05) is 48.5 Å². The minimum atomic E-state index is -3.90. The first kappa shape index (κ1) is 23.7. The molecule has 2 N–H and O–H groups in total. The van der Waals surface area contributed by atoms with Crippen molar-refractivity contribution in [2.75, 3.05) is 7.11 Å². The van der Waals surface area contributed by atoms with Crippen molar-refractivity contribution in [1.29, 1.82) is 0 Å². The van der Waals surface area contributed by atoms with E-state index in [9.17, 15) is 8.42 Å². The highest BCUT2D eigenvalue weighted by molar-refractivity contribution is 7.89. The summed E-state index contributed by atoms with van der Waals surface area (Å²) in [6.07, 6.45) is 1.53. The molecule has 33 heavy (non-hydrogen) atoms. The van der Waals surface area contributed by atoms with E-state index >= 15 is 0 Å². The summed E-state index contributed by atoms with van der Waals surface area (Å²) in [7, 11) is -2.34. The average molecular weight is 501 g/mol. The fraction of sp³-hybridized carbons (Fsp3) is 0.240. The lowest BCUT2D eigenvalue weighted by atomic mass is 9.85. The Kier molecular flexibility index (Phi) is 7.05. The van der Waals surface area contributed by atoms with Crippen molar-refractivity contribution in [2.24, 2.45) is 5.14 Å². The average Bonchev–Trinajstić information content (AvgIpc) is 3.22. The Hall–Kier alpha value is -2.45. The van der Waals surface area contributed by atoms with Crippen LogP contribution in [0.15, 0.2) is 71.6 Å². The molecule has 4 rings (SSSR count). The highest BCUT2D eigenvalue weighted by atomic mass is 35.5. The number of rotatable bonds is 8. The minimum Gasteiger partial charge on any atom is -0.497 e. The van der Waals surface area contributed by atoms with Gasteiger partial charge in [0.25, 0.3) is 0 Å². The molecule has 0 spiro atoms. The molecule has 8 heteroatoms. The van der Waals surface area contributed by atoms with Gasteiger partial charge in [0.1, 0.15) is 5.75 Å². The molecule has 3 aromatic carbocycles. The molecule has 0 saturated heterocycles. The Bertz CT molecular complexity index is 1370. The van der Waals surface area contributed by atoms with Crippen molar-refractivity contribution in [3.63, 3.8) is 0 Å². The molecule has 0 bridgehead atoms. The van der Waals surface area contributed by atoms with Crippen LogP contribution in [0.2, 0.25) is 5.02 Å². The summed E-state index contributed by atoms with van der Waals surface area (Å²) in [5, 5.41) is 7.32. The molecule has 1 aromatic heterocycles. The number of thiazole rings is 1. The lowest BCUT2D eigenvalue weighted by Crippen LogP contribution is -2.17. The number of methoxy groups -OCH3 is 1. The van der Waals surface area contributed by atoms with Crippen molar-refractivity contribution in [2.45, 2.75) is 36.5 Å². The van der Waals surface area contributed by atoms with Crippen LogP contribution in [0.1, 0.15) is 47.7 Å². The Morgan fingerprint density at radius 2 is 1.82 bits per heavy atom. The third-order valence-corrected chi connectivity index (χ3v) is 8.25. The highest BCUT2D eigenvalue weighted by Crippen LogP contribution is 2.39. The Morgan fingerprint density at radius 1 is 1.06 bits per heavy atom. The molecule has 0 saturated carbocycles. The number of primary sulfonamides is 1. The first-order valence-electron chi connectivity index (χ1n) is 10.6. The van der Waals surface area contributed by atoms with Crippen molar-refractivity contribution >= 4 is 43.2 Å². The molecule has 2 unspecified atom stereocenters. The predicted molar refractivity (Wildman–Crippen MR) is 135 cm³/mol. The van der Waals surface area contributed by atoms with Crippen molar-refractivity contribution in [3.8, 4) is 5.75 Å². The molecule has 0 aliphatic carbocycles. The van der Waals surface area contributed by atoms with Gasteiger partial charge >= 0.3 is 0 Å². The van der Waals surface area contributed by atoms with Gasteiger partial charge in [-0.25, -0.2) is 18.5 Å². The Balaban J connectivity index is 1.69. The number of aromatic nitrogens is 1. The Labute approximate surface area is 203 Å². The minimum absolute atomic E-state index is 0.124. The van der Waals surface area contributed by atoms with Crippen LogP contribution in [0.5, 0.6) is 5.75 Å². The van der Waals surface area contributed by atoms with Crippen molar-refractivity contribution in [3.05, 3.63) is 87.9 Å². The van der Waals surface area contributed by atoms with Crippen LogP contribution in [0.4, 0.5) is 0 Å². The van der Waals surface area contributed by atoms with Crippen LogP contribution in [0, 0.1) is 0 Å². The maximum atomic E-state index is 12.4. The summed E-state index contributed by atoms with van der Waals surface area (Å²) >= 11 is 7.78. The molecule has 1 heterocycles. The third-order valence-electron chi connectivity index (χ3n) is 5.78. The summed E-state index contributed by atoms with van der Waals surface area (Å²) in [6.45, 7) is 2.15. The number of nitrogens with zero attached hydrogens (tertiary/aromatic N) is 1. The maximum absolute atomic E-state index is 12.4. The number of sulfonamides is 1. The van der Waals surface area contributed by atoms with Crippen molar-refractivity contribution in [1.82, 2.24) is 4.98 Å². The van der Waals surface area contributed by atoms with Gasteiger partial charge in [-0.3, -0.25) is 0 Å². The lowest BCUT2D eigenvalue weighted by Gasteiger charge is -2.22. The topological polar surface area (TPSA) is 82.3 Å². The number of hydrogen-bond donors (Lipinski definition) is 1. The molecule has 0 fully saturated rings. The van der Waals surface area contributed by atoms with E-state index in [2.05, 4.69) is 6.92 Å². The number of hydrogen-bond acceptors (Lipinski definition) is 5. The fourth-order valence-electron chi connectivity index (χ4n) is 4.04. The van der Waals surface area contributed by atoms with E-state index in [0.29, 0.717) is 16.3 Å². The predicted octanol–water partition coefficient (Wildman–Crippen LogP) is 6.32. The second-order valence-corrected chi connectivity index (χ2v) is 11.1. The Morgan fingerprint density at radius 3 is 2.52 bits per heavy atom. The summed E-state index contributed by atoms with van der Waals surface area (Å²) in [6, 6.07) is 20.5.